The monoisotopic (exact) mass is 313 g/mol. The maximum absolute atomic E-state index is 12.1. The number of carbonyl (C=O) groups is 1. The number of anilines is 1. The summed E-state index contributed by atoms with van der Waals surface area (Å²) in [5.74, 6) is 1.55. The van der Waals surface area contributed by atoms with E-state index in [1.807, 2.05) is 12.3 Å². The van der Waals surface area contributed by atoms with Gasteiger partial charge in [0.2, 0.25) is 0 Å². The highest BCUT2D eigenvalue weighted by Gasteiger charge is 2.12. The molecule has 1 amide bonds. The fourth-order valence-electron chi connectivity index (χ4n) is 2.91. The Morgan fingerprint density at radius 2 is 2.00 bits per heavy atom. The van der Waals surface area contributed by atoms with Crippen molar-refractivity contribution in [3.63, 3.8) is 0 Å². The lowest BCUT2D eigenvalue weighted by molar-refractivity contribution is 0.0949. The van der Waals surface area contributed by atoms with E-state index in [0.29, 0.717) is 17.9 Å². The van der Waals surface area contributed by atoms with Gasteiger partial charge in [-0.1, -0.05) is 18.9 Å². The van der Waals surface area contributed by atoms with Crippen molar-refractivity contribution in [1.82, 2.24) is 10.3 Å². The summed E-state index contributed by atoms with van der Waals surface area (Å²) in [4.78, 5) is 19.0. The second kappa shape index (κ2) is 7.31. The summed E-state index contributed by atoms with van der Waals surface area (Å²) >= 11 is 0. The van der Waals surface area contributed by atoms with Gasteiger partial charge in [0.1, 0.15) is 11.6 Å². The number of nitrogens with one attached hydrogen (secondary N) is 1. The molecule has 0 saturated carbocycles. The van der Waals surface area contributed by atoms with E-state index in [1.165, 1.54) is 31.9 Å². The molecular formula is C18H23N3O2. The Hall–Kier alpha value is -2.30. The number of nitrogens with zero attached hydrogens (tertiary/aromatic N) is 2. The molecule has 3 rings (SSSR count). The minimum atomic E-state index is -0.118. The molecule has 122 valence electrons. The zero-order valence-electron chi connectivity index (χ0n) is 13.5. The summed E-state index contributed by atoms with van der Waals surface area (Å²) in [7, 11) is 0. The number of carbonyl (C=O) groups excluding carboxylic acids is 1. The first kappa shape index (κ1) is 15.6. The van der Waals surface area contributed by atoms with E-state index in [4.69, 9.17) is 4.42 Å². The van der Waals surface area contributed by atoms with Crippen LogP contribution in [0.4, 0.5) is 5.82 Å². The highest BCUT2D eigenvalue weighted by atomic mass is 16.3. The minimum absolute atomic E-state index is 0.118. The molecule has 1 saturated heterocycles. The predicted molar refractivity (Wildman–Crippen MR) is 89.5 cm³/mol. The van der Waals surface area contributed by atoms with E-state index in [0.717, 1.165) is 24.5 Å². The third-order valence-electron chi connectivity index (χ3n) is 4.30. The fraction of sp³-hybridized carbons (Fsp3) is 0.444. The largest absolute Gasteiger partial charge is 0.469 e. The SMILES string of the molecule is Cc1occc1C(=O)NCc1ccc(N2CCCCCC2)nc1. The Labute approximate surface area is 136 Å². The maximum atomic E-state index is 12.1. The lowest BCUT2D eigenvalue weighted by atomic mass is 10.2. The normalized spacial score (nSPS) is 15.3. The van der Waals surface area contributed by atoms with Gasteiger partial charge in [0.15, 0.2) is 0 Å². The van der Waals surface area contributed by atoms with Crippen LogP contribution in [0.5, 0.6) is 0 Å². The highest BCUT2D eigenvalue weighted by Crippen LogP contribution is 2.17. The summed E-state index contributed by atoms with van der Waals surface area (Å²) in [5.41, 5.74) is 1.58. The van der Waals surface area contributed by atoms with E-state index in [1.54, 1.807) is 13.0 Å². The number of rotatable bonds is 4. The minimum Gasteiger partial charge on any atom is -0.469 e. The molecule has 1 fully saturated rings. The number of aryl methyl sites for hydroxylation is 1. The molecule has 0 unspecified atom stereocenters. The smallest absolute Gasteiger partial charge is 0.255 e. The van der Waals surface area contributed by atoms with Gasteiger partial charge in [-0.3, -0.25) is 4.79 Å². The van der Waals surface area contributed by atoms with Gasteiger partial charge >= 0.3 is 0 Å². The van der Waals surface area contributed by atoms with Crippen LogP contribution in [0.2, 0.25) is 0 Å². The van der Waals surface area contributed by atoms with Crippen LogP contribution < -0.4 is 10.2 Å². The van der Waals surface area contributed by atoms with Crippen LogP contribution in [0.1, 0.15) is 47.4 Å². The first-order valence-electron chi connectivity index (χ1n) is 8.26. The fourth-order valence-corrected chi connectivity index (χ4v) is 2.91. The lowest BCUT2D eigenvalue weighted by Crippen LogP contribution is -2.25. The van der Waals surface area contributed by atoms with Gasteiger partial charge in [-0.15, -0.1) is 0 Å². The van der Waals surface area contributed by atoms with Crippen LogP contribution in [0.25, 0.3) is 0 Å². The maximum Gasteiger partial charge on any atom is 0.255 e. The van der Waals surface area contributed by atoms with Crippen LogP contribution in [-0.2, 0) is 6.54 Å². The number of pyridine rings is 1. The zero-order chi connectivity index (χ0) is 16.1. The van der Waals surface area contributed by atoms with Crippen molar-refractivity contribution in [2.45, 2.75) is 39.2 Å². The molecule has 1 aliphatic rings. The van der Waals surface area contributed by atoms with Gasteiger partial charge in [0.25, 0.3) is 5.91 Å². The Bertz CT molecular complexity index is 641. The molecule has 0 aromatic carbocycles. The van der Waals surface area contributed by atoms with Crippen LogP contribution in [-0.4, -0.2) is 24.0 Å². The molecule has 0 bridgehead atoms. The van der Waals surface area contributed by atoms with Crippen molar-refractivity contribution in [2.24, 2.45) is 0 Å². The van der Waals surface area contributed by atoms with Crippen molar-refractivity contribution < 1.29 is 9.21 Å². The van der Waals surface area contributed by atoms with Gasteiger partial charge in [-0.05, 0) is 37.5 Å². The van der Waals surface area contributed by atoms with Crippen molar-refractivity contribution in [1.29, 1.82) is 0 Å². The molecule has 5 heteroatoms. The first-order valence-corrected chi connectivity index (χ1v) is 8.26. The van der Waals surface area contributed by atoms with Gasteiger partial charge in [0, 0.05) is 25.8 Å². The predicted octanol–water partition coefficient (Wildman–Crippen LogP) is 3.29. The molecule has 0 atom stereocenters. The zero-order valence-corrected chi connectivity index (χ0v) is 13.5. The van der Waals surface area contributed by atoms with Gasteiger partial charge in [-0.2, -0.15) is 0 Å². The molecule has 0 radical (unpaired) electrons. The van der Waals surface area contributed by atoms with Crippen molar-refractivity contribution in [3.8, 4) is 0 Å². The average molecular weight is 313 g/mol. The summed E-state index contributed by atoms with van der Waals surface area (Å²) in [6.07, 6.45) is 8.49. The Balaban J connectivity index is 1.57. The lowest BCUT2D eigenvalue weighted by Gasteiger charge is -2.21. The van der Waals surface area contributed by atoms with Crippen LogP contribution in [0, 0.1) is 6.92 Å². The molecule has 1 aliphatic heterocycles. The van der Waals surface area contributed by atoms with Crippen molar-refractivity contribution in [2.75, 3.05) is 18.0 Å². The van der Waals surface area contributed by atoms with E-state index in [9.17, 15) is 4.79 Å². The molecule has 3 heterocycles. The third-order valence-corrected chi connectivity index (χ3v) is 4.30. The number of hydrogen-bond acceptors (Lipinski definition) is 4. The number of aromatic nitrogens is 1. The molecule has 0 aliphatic carbocycles. The highest BCUT2D eigenvalue weighted by molar-refractivity contribution is 5.94. The summed E-state index contributed by atoms with van der Waals surface area (Å²) in [6.45, 7) is 4.43. The van der Waals surface area contributed by atoms with Crippen LogP contribution in [0.15, 0.2) is 35.1 Å². The van der Waals surface area contributed by atoms with Gasteiger partial charge in [-0.25, -0.2) is 4.98 Å². The molecule has 0 spiro atoms. The number of hydrogen-bond donors (Lipinski definition) is 1. The molecule has 2 aromatic heterocycles. The van der Waals surface area contributed by atoms with E-state index >= 15 is 0 Å². The van der Waals surface area contributed by atoms with E-state index in [-0.39, 0.29) is 5.91 Å². The summed E-state index contributed by atoms with van der Waals surface area (Å²) in [6, 6.07) is 5.77. The topological polar surface area (TPSA) is 58.4 Å². The summed E-state index contributed by atoms with van der Waals surface area (Å²) < 4.78 is 5.15. The number of amides is 1. The second-order valence-electron chi connectivity index (χ2n) is 6.00. The average Bonchev–Trinajstić information content (AvgIpc) is 2.84. The van der Waals surface area contributed by atoms with Crippen LogP contribution in [0.3, 0.4) is 0 Å². The quantitative estimate of drug-likeness (QED) is 0.941. The van der Waals surface area contributed by atoms with Gasteiger partial charge in [0.05, 0.1) is 11.8 Å². The Kier molecular flexibility index (Phi) is 4.95. The molecule has 23 heavy (non-hydrogen) atoms. The van der Waals surface area contributed by atoms with E-state index in [2.05, 4.69) is 21.3 Å². The van der Waals surface area contributed by atoms with Crippen LogP contribution >= 0.6 is 0 Å². The molecular weight excluding hydrogens is 290 g/mol. The Morgan fingerprint density at radius 3 is 2.61 bits per heavy atom. The third kappa shape index (κ3) is 3.92. The van der Waals surface area contributed by atoms with Crippen molar-refractivity contribution >= 4 is 11.7 Å². The second-order valence-corrected chi connectivity index (χ2v) is 6.00. The summed E-state index contributed by atoms with van der Waals surface area (Å²) in [5, 5.41) is 2.90. The standard InChI is InChI=1S/C18H23N3O2/c1-14-16(8-11-23-14)18(22)20-13-15-6-7-17(19-12-15)21-9-4-2-3-5-10-21/h6-8,11-12H,2-5,9-10,13H2,1H3,(H,20,22). The van der Waals surface area contributed by atoms with Crippen molar-refractivity contribution in [3.05, 3.63) is 47.5 Å². The van der Waals surface area contributed by atoms with Gasteiger partial charge < -0.3 is 14.6 Å². The number of furan rings is 1. The van der Waals surface area contributed by atoms with E-state index < -0.39 is 0 Å². The Morgan fingerprint density at radius 1 is 1.22 bits per heavy atom. The molecule has 5 nitrogen and oxygen atoms in total. The molecule has 1 N–H and O–H groups in total. The first-order chi connectivity index (χ1) is 11.2. The molecule has 2 aromatic rings.